The third-order valence-corrected chi connectivity index (χ3v) is 2.60. The second-order valence-electron chi connectivity index (χ2n) is 4.65. The molecule has 0 aliphatic heterocycles. The Hall–Kier alpha value is -1.37. The first kappa shape index (κ1) is 19.6. The van der Waals surface area contributed by atoms with Crippen molar-refractivity contribution in [2.75, 3.05) is 19.0 Å². The van der Waals surface area contributed by atoms with Crippen LogP contribution in [0.15, 0.2) is 18.2 Å². The Morgan fingerprint density at radius 1 is 1.43 bits per heavy atom. The lowest BCUT2D eigenvalue weighted by atomic mass is 10.2. The first-order chi connectivity index (χ1) is 9.46. The Morgan fingerprint density at radius 2 is 2.10 bits per heavy atom. The van der Waals surface area contributed by atoms with Crippen molar-refractivity contribution in [1.82, 2.24) is 0 Å². The van der Waals surface area contributed by atoms with Gasteiger partial charge in [-0.2, -0.15) is 0 Å². The van der Waals surface area contributed by atoms with Gasteiger partial charge in [0, 0.05) is 19.7 Å². The van der Waals surface area contributed by atoms with Crippen molar-refractivity contribution in [3.8, 4) is 5.75 Å². The molecule has 0 spiro atoms. The summed E-state index contributed by atoms with van der Waals surface area (Å²) in [6.45, 7) is 3.93. The molecular weight excluding hydrogens is 299 g/mol. The number of methoxy groups -OCH3 is 1. The highest BCUT2D eigenvalue weighted by atomic mass is 35.5. The van der Waals surface area contributed by atoms with Gasteiger partial charge in [0.1, 0.15) is 11.6 Å². The summed E-state index contributed by atoms with van der Waals surface area (Å²) in [5, 5.41) is 2.48. The summed E-state index contributed by atoms with van der Waals surface area (Å²) in [5.41, 5.74) is 5.53. The van der Waals surface area contributed by atoms with Gasteiger partial charge >= 0.3 is 0 Å². The largest absolute Gasteiger partial charge is 0.491 e. The summed E-state index contributed by atoms with van der Waals surface area (Å²) in [6.07, 6.45) is -0.333. The van der Waals surface area contributed by atoms with E-state index in [9.17, 15) is 9.18 Å². The number of halogens is 2. The van der Waals surface area contributed by atoms with E-state index in [1.165, 1.54) is 19.2 Å². The summed E-state index contributed by atoms with van der Waals surface area (Å²) in [5.74, 6) is -0.468. The number of carbonyl (C=O) groups is 1. The van der Waals surface area contributed by atoms with E-state index in [-0.39, 0.29) is 49.2 Å². The number of carbonyl (C=O) groups excluding carboxylic acids is 1. The van der Waals surface area contributed by atoms with Gasteiger partial charge < -0.3 is 20.5 Å². The van der Waals surface area contributed by atoms with Crippen LogP contribution < -0.4 is 15.8 Å². The van der Waals surface area contributed by atoms with Crippen molar-refractivity contribution in [2.45, 2.75) is 32.5 Å². The molecule has 1 aromatic carbocycles. The molecule has 0 aliphatic rings. The third-order valence-electron chi connectivity index (χ3n) is 2.60. The second kappa shape index (κ2) is 9.55. The first-order valence-electron chi connectivity index (χ1n) is 6.45. The molecule has 120 valence electrons. The summed E-state index contributed by atoms with van der Waals surface area (Å²) in [4.78, 5) is 11.7. The monoisotopic (exact) mass is 320 g/mol. The summed E-state index contributed by atoms with van der Waals surface area (Å²) < 4.78 is 24.2. The highest BCUT2D eigenvalue weighted by Crippen LogP contribution is 2.21. The molecule has 1 rings (SSSR count). The minimum Gasteiger partial charge on any atom is -0.491 e. The van der Waals surface area contributed by atoms with Crippen LogP contribution in [0, 0.1) is 5.82 Å². The Labute approximate surface area is 130 Å². The van der Waals surface area contributed by atoms with Gasteiger partial charge in [0.05, 0.1) is 24.3 Å². The average molecular weight is 321 g/mol. The fourth-order valence-corrected chi connectivity index (χ4v) is 1.61. The van der Waals surface area contributed by atoms with E-state index in [2.05, 4.69) is 5.32 Å². The maximum Gasteiger partial charge on any atom is 0.227 e. The number of nitrogens with one attached hydrogen (secondary N) is 1. The molecule has 1 atom stereocenters. The van der Waals surface area contributed by atoms with E-state index in [0.717, 1.165) is 0 Å². The normalized spacial score (nSPS) is 11.7. The molecule has 0 aliphatic carbocycles. The zero-order chi connectivity index (χ0) is 15.1. The topological polar surface area (TPSA) is 73.6 Å². The molecule has 0 saturated heterocycles. The van der Waals surface area contributed by atoms with Gasteiger partial charge in [-0.25, -0.2) is 4.39 Å². The minimum atomic E-state index is -0.543. The number of nitrogens with two attached hydrogens (primary N) is 1. The van der Waals surface area contributed by atoms with Crippen LogP contribution in [0.4, 0.5) is 10.1 Å². The predicted octanol–water partition coefficient (Wildman–Crippen LogP) is 2.34. The molecule has 5 nitrogen and oxygen atoms in total. The van der Waals surface area contributed by atoms with Crippen LogP contribution in [0.3, 0.4) is 0 Å². The molecule has 0 bridgehead atoms. The summed E-state index contributed by atoms with van der Waals surface area (Å²) in [6, 6.07) is 4.32. The molecule has 1 aromatic rings. The Balaban J connectivity index is 0.00000400. The molecule has 1 unspecified atom stereocenters. The third kappa shape index (κ3) is 6.75. The van der Waals surface area contributed by atoms with Crippen LogP contribution in [-0.4, -0.2) is 31.8 Å². The van der Waals surface area contributed by atoms with E-state index in [4.69, 9.17) is 15.2 Å². The van der Waals surface area contributed by atoms with Crippen molar-refractivity contribution in [3.63, 3.8) is 0 Å². The second-order valence-corrected chi connectivity index (χ2v) is 4.65. The van der Waals surface area contributed by atoms with Crippen molar-refractivity contribution in [3.05, 3.63) is 24.0 Å². The van der Waals surface area contributed by atoms with Crippen LogP contribution in [0.1, 0.15) is 20.3 Å². The van der Waals surface area contributed by atoms with E-state index in [1.807, 2.05) is 13.8 Å². The van der Waals surface area contributed by atoms with E-state index < -0.39 is 5.82 Å². The van der Waals surface area contributed by atoms with Crippen LogP contribution >= 0.6 is 12.4 Å². The Morgan fingerprint density at radius 3 is 2.57 bits per heavy atom. The summed E-state index contributed by atoms with van der Waals surface area (Å²) in [7, 11) is 1.48. The molecule has 0 fully saturated rings. The van der Waals surface area contributed by atoms with Gasteiger partial charge in [0.2, 0.25) is 5.91 Å². The SMILES string of the molecule is COC(CN)CC(=O)Nc1ccc(OC(C)C)cc1F.Cl. The molecule has 21 heavy (non-hydrogen) atoms. The van der Waals surface area contributed by atoms with Crippen molar-refractivity contribution in [1.29, 1.82) is 0 Å². The average Bonchev–Trinajstić information content (AvgIpc) is 2.38. The van der Waals surface area contributed by atoms with E-state index in [0.29, 0.717) is 5.75 Å². The number of ether oxygens (including phenoxy) is 2. The smallest absolute Gasteiger partial charge is 0.227 e. The van der Waals surface area contributed by atoms with Crippen molar-refractivity contribution >= 4 is 24.0 Å². The van der Waals surface area contributed by atoms with Gasteiger partial charge in [0.15, 0.2) is 0 Å². The molecule has 3 N–H and O–H groups in total. The zero-order valence-electron chi connectivity index (χ0n) is 12.4. The Bertz CT molecular complexity index is 454. The van der Waals surface area contributed by atoms with Crippen LogP contribution in [-0.2, 0) is 9.53 Å². The predicted molar refractivity (Wildman–Crippen MR) is 82.5 cm³/mol. The van der Waals surface area contributed by atoms with E-state index >= 15 is 0 Å². The highest BCUT2D eigenvalue weighted by Gasteiger charge is 2.13. The lowest BCUT2D eigenvalue weighted by Crippen LogP contribution is -2.28. The Kier molecular flexibility index (Phi) is 8.92. The zero-order valence-corrected chi connectivity index (χ0v) is 13.2. The van der Waals surface area contributed by atoms with Gasteiger partial charge in [-0.3, -0.25) is 4.79 Å². The number of hydrogen-bond acceptors (Lipinski definition) is 4. The maximum absolute atomic E-state index is 13.8. The van der Waals surface area contributed by atoms with Crippen molar-refractivity contribution < 1.29 is 18.7 Å². The molecule has 0 saturated carbocycles. The fourth-order valence-electron chi connectivity index (χ4n) is 1.61. The van der Waals surface area contributed by atoms with Crippen molar-refractivity contribution in [2.24, 2.45) is 5.73 Å². The molecule has 7 heteroatoms. The number of benzene rings is 1. The van der Waals surface area contributed by atoms with Gasteiger partial charge in [0.25, 0.3) is 0 Å². The molecule has 0 aromatic heterocycles. The van der Waals surface area contributed by atoms with Crippen LogP contribution in [0.25, 0.3) is 0 Å². The minimum absolute atomic E-state index is 0. The molecular formula is C14H22ClFN2O3. The van der Waals surface area contributed by atoms with Gasteiger partial charge in [-0.1, -0.05) is 0 Å². The van der Waals surface area contributed by atoms with E-state index in [1.54, 1.807) is 6.07 Å². The fraction of sp³-hybridized carbons (Fsp3) is 0.500. The lowest BCUT2D eigenvalue weighted by molar-refractivity contribution is -0.118. The van der Waals surface area contributed by atoms with Crippen LogP contribution in [0.2, 0.25) is 0 Å². The van der Waals surface area contributed by atoms with Gasteiger partial charge in [-0.05, 0) is 26.0 Å². The highest BCUT2D eigenvalue weighted by molar-refractivity contribution is 5.91. The number of rotatable bonds is 7. The quantitative estimate of drug-likeness (QED) is 0.808. The van der Waals surface area contributed by atoms with Gasteiger partial charge in [-0.15, -0.1) is 12.4 Å². The molecule has 0 radical (unpaired) electrons. The standard InChI is InChI=1S/C14H21FN2O3.ClH/c1-9(2)20-10-4-5-13(12(15)6-10)17-14(18)7-11(8-16)19-3;/h4-6,9,11H,7-8,16H2,1-3H3,(H,17,18);1H. The number of amides is 1. The first-order valence-corrected chi connectivity index (χ1v) is 6.45. The summed E-state index contributed by atoms with van der Waals surface area (Å²) >= 11 is 0. The number of hydrogen-bond donors (Lipinski definition) is 2. The number of anilines is 1. The van der Waals surface area contributed by atoms with Crippen LogP contribution in [0.5, 0.6) is 5.75 Å². The lowest BCUT2D eigenvalue weighted by Gasteiger charge is -2.14. The maximum atomic E-state index is 13.8. The molecule has 0 heterocycles. The molecule has 1 amide bonds.